The number of carbonyl (C=O) groups is 2. The van der Waals surface area contributed by atoms with Gasteiger partial charge in [0.15, 0.2) is 5.76 Å². The number of hydrogen-bond acceptors (Lipinski definition) is 5. The average molecular weight is 463 g/mol. The molecule has 4 rings (SSSR count). The first-order valence-corrected chi connectivity index (χ1v) is 11.5. The van der Waals surface area contributed by atoms with Gasteiger partial charge >= 0.3 is 6.09 Å². The Morgan fingerprint density at radius 3 is 2.26 bits per heavy atom. The molecule has 2 aromatic carbocycles. The Kier molecular flexibility index (Phi) is 6.91. The second kappa shape index (κ2) is 10.0. The van der Waals surface area contributed by atoms with Crippen LogP contribution in [0.3, 0.4) is 0 Å². The zero-order valence-electron chi connectivity index (χ0n) is 19.7. The maximum absolute atomic E-state index is 12.4. The summed E-state index contributed by atoms with van der Waals surface area (Å²) in [5, 5.41) is 2.81. The van der Waals surface area contributed by atoms with Crippen molar-refractivity contribution in [3.8, 4) is 17.1 Å². The molecule has 0 saturated carbocycles. The largest absolute Gasteiger partial charge is 0.490 e. The van der Waals surface area contributed by atoms with Crippen LogP contribution in [0.1, 0.15) is 44.2 Å². The molecule has 1 aromatic heterocycles. The average Bonchev–Trinajstić information content (AvgIpc) is 3.30. The predicted octanol–water partition coefficient (Wildman–Crippen LogP) is 5.98. The Balaban J connectivity index is 1.29. The van der Waals surface area contributed by atoms with E-state index in [1.807, 2.05) is 75.4 Å². The van der Waals surface area contributed by atoms with E-state index in [1.165, 1.54) is 0 Å². The lowest BCUT2D eigenvalue weighted by Gasteiger charge is -2.33. The summed E-state index contributed by atoms with van der Waals surface area (Å²) in [5.41, 5.74) is 1.07. The number of anilines is 1. The number of hydrogen-bond donors (Lipinski definition) is 1. The van der Waals surface area contributed by atoms with Crippen LogP contribution >= 0.6 is 0 Å². The van der Waals surface area contributed by atoms with Crippen molar-refractivity contribution in [1.82, 2.24) is 4.90 Å². The number of nitrogens with one attached hydrogen (secondary N) is 1. The van der Waals surface area contributed by atoms with Crippen LogP contribution in [-0.2, 0) is 4.74 Å². The minimum absolute atomic E-state index is 0.0430. The van der Waals surface area contributed by atoms with E-state index in [2.05, 4.69) is 5.32 Å². The van der Waals surface area contributed by atoms with Crippen molar-refractivity contribution >= 4 is 17.7 Å². The van der Waals surface area contributed by atoms with Gasteiger partial charge in [-0.15, -0.1) is 0 Å². The maximum Gasteiger partial charge on any atom is 0.410 e. The third-order valence-electron chi connectivity index (χ3n) is 5.40. The van der Waals surface area contributed by atoms with E-state index in [1.54, 1.807) is 17.0 Å². The molecule has 7 heteroatoms. The lowest BCUT2D eigenvalue weighted by atomic mass is 10.1. The first-order chi connectivity index (χ1) is 16.3. The van der Waals surface area contributed by atoms with Crippen LogP contribution in [0.25, 0.3) is 11.3 Å². The highest BCUT2D eigenvalue weighted by molar-refractivity contribution is 6.02. The number of carbonyl (C=O) groups excluding carboxylic acids is 2. The van der Waals surface area contributed by atoms with Gasteiger partial charge in [0.25, 0.3) is 5.91 Å². The number of nitrogens with zero attached hydrogens (tertiary/aromatic N) is 1. The summed E-state index contributed by atoms with van der Waals surface area (Å²) >= 11 is 0. The molecule has 1 aliphatic heterocycles. The summed E-state index contributed by atoms with van der Waals surface area (Å²) in [4.78, 5) is 26.4. The molecule has 7 nitrogen and oxygen atoms in total. The molecule has 3 aromatic rings. The molecular formula is C27H30N2O5. The Bertz CT molecular complexity index is 1110. The molecule has 0 unspecified atom stereocenters. The van der Waals surface area contributed by atoms with Crippen molar-refractivity contribution in [1.29, 1.82) is 0 Å². The summed E-state index contributed by atoms with van der Waals surface area (Å²) in [6.07, 6.45) is 1.27. The van der Waals surface area contributed by atoms with Crippen molar-refractivity contribution in [2.24, 2.45) is 0 Å². The number of ether oxygens (including phenoxy) is 2. The van der Waals surface area contributed by atoms with Gasteiger partial charge in [-0.25, -0.2) is 4.79 Å². The van der Waals surface area contributed by atoms with Gasteiger partial charge in [0, 0.05) is 37.2 Å². The molecule has 0 bridgehead atoms. The van der Waals surface area contributed by atoms with Gasteiger partial charge in [0.2, 0.25) is 0 Å². The Hall–Kier alpha value is -3.74. The molecule has 0 spiro atoms. The molecule has 2 heterocycles. The van der Waals surface area contributed by atoms with Gasteiger partial charge in [-0.2, -0.15) is 0 Å². The standard InChI is InChI=1S/C27H30N2O5/c1-27(2,3)34-26(31)29-17-15-22(16-18-29)32-21-11-9-19(10-12-21)23-13-14-24(33-23)25(30)28-20-7-5-4-6-8-20/h4-14,22H,15-18H2,1-3H3,(H,28,30). The third-order valence-corrected chi connectivity index (χ3v) is 5.40. The highest BCUT2D eigenvalue weighted by Crippen LogP contribution is 2.27. The van der Waals surface area contributed by atoms with E-state index in [4.69, 9.17) is 13.9 Å². The normalized spacial score (nSPS) is 14.5. The Morgan fingerprint density at radius 2 is 1.62 bits per heavy atom. The molecule has 1 N–H and O–H groups in total. The predicted molar refractivity (Wildman–Crippen MR) is 130 cm³/mol. The van der Waals surface area contributed by atoms with Gasteiger partial charge in [-0.3, -0.25) is 4.79 Å². The Morgan fingerprint density at radius 1 is 0.941 bits per heavy atom. The van der Waals surface area contributed by atoms with E-state index in [0.717, 1.165) is 24.2 Å². The van der Waals surface area contributed by atoms with Crippen LogP contribution in [0.2, 0.25) is 0 Å². The fourth-order valence-electron chi connectivity index (χ4n) is 3.70. The van der Waals surface area contributed by atoms with Gasteiger partial charge in [0.05, 0.1) is 0 Å². The summed E-state index contributed by atoms with van der Waals surface area (Å²) < 4.78 is 17.3. The number of furan rings is 1. The van der Waals surface area contributed by atoms with Crippen LogP contribution in [0, 0.1) is 0 Å². The third kappa shape index (κ3) is 6.19. The van der Waals surface area contributed by atoms with E-state index >= 15 is 0 Å². The van der Waals surface area contributed by atoms with E-state index in [0.29, 0.717) is 24.5 Å². The highest BCUT2D eigenvalue weighted by Gasteiger charge is 2.27. The number of amides is 2. The smallest absolute Gasteiger partial charge is 0.410 e. The van der Waals surface area contributed by atoms with Crippen molar-refractivity contribution < 1.29 is 23.5 Å². The molecular weight excluding hydrogens is 432 g/mol. The lowest BCUT2D eigenvalue weighted by molar-refractivity contribution is 0.0126. The number of piperidine rings is 1. The fraction of sp³-hybridized carbons (Fsp3) is 0.333. The minimum atomic E-state index is -0.493. The first-order valence-electron chi connectivity index (χ1n) is 11.5. The molecule has 2 amide bonds. The van der Waals surface area contributed by atoms with Gasteiger partial charge in [0.1, 0.15) is 23.2 Å². The van der Waals surface area contributed by atoms with Gasteiger partial charge in [-0.1, -0.05) is 18.2 Å². The molecule has 1 aliphatic rings. The second-order valence-electron chi connectivity index (χ2n) is 9.29. The molecule has 0 aliphatic carbocycles. The molecule has 1 fully saturated rings. The van der Waals surface area contributed by atoms with Crippen molar-refractivity contribution in [3.63, 3.8) is 0 Å². The van der Waals surface area contributed by atoms with Crippen LogP contribution in [0.15, 0.2) is 71.1 Å². The lowest BCUT2D eigenvalue weighted by Crippen LogP contribution is -2.44. The molecule has 178 valence electrons. The van der Waals surface area contributed by atoms with Crippen molar-refractivity contribution in [2.75, 3.05) is 18.4 Å². The number of benzene rings is 2. The second-order valence-corrected chi connectivity index (χ2v) is 9.29. The van der Waals surface area contributed by atoms with E-state index in [-0.39, 0.29) is 23.9 Å². The van der Waals surface area contributed by atoms with Crippen molar-refractivity contribution in [2.45, 2.75) is 45.3 Å². The van der Waals surface area contributed by atoms with Crippen LogP contribution in [0.5, 0.6) is 5.75 Å². The molecule has 1 saturated heterocycles. The SMILES string of the molecule is CC(C)(C)OC(=O)N1CCC(Oc2ccc(-c3ccc(C(=O)Nc4ccccc4)o3)cc2)CC1. The Labute approximate surface area is 199 Å². The van der Waals surface area contributed by atoms with Crippen LogP contribution in [0.4, 0.5) is 10.5 Å². The fourth-order valence-corrected chi connectivity index (χ4v) is 3.70. The minimum Gasteiger partial charge on any atom is -0.490 e. The van der Waals surface area contributed by atoms with Gasteiger partial charge in [-0.05, 0) is 69.3 Å². The van der Waals surface area contributed by atoms with Crippen LogP contribution < -0.4 is 10.1 Å². The van der Waals surface area contributed by atoms with E-state index < -0.39 is 5.60 Å². The summed E-state index contributed by atoms with van der Waals surface area (Å²) in [6.45, 7) is 6.82. The van der Waals surface area contributed by atoms with Crippen molar-refractivity contribution in [3.05, 3.63) is 72.5 Å². The number of para-hydroxylation sites is 1. The summed E-state index contributed by atoms with van der Waals surface area (Å²) in [7, 11) is 0. The number of rotatable bonds is 5. The number of likely N-dealkylation sites (tertiary alicyclic amines) is 1. The zero-order chi connectivity index (χ0) is 24.1. The monoisotopic (exact) mass is 462 g/mol. The highest BCUT2D eigenvalue weighted by atomic mass is 16.6. The van der Waals surface area contributed by atoms with Gasteiger partial charge < -0.3 is 24.1 Å². The molecule has 0 atom stereocenters. The molecule has 34 heavy (non-hydrogen) atoms. The zero-order valence-corrected chi connectivity index (χ0v) is 19.7. The maximum atomic E-state index is 12.4. The summed E-state index contributed by atoms with van der Waals surface area (Å²) in [5.74, 6) is 1.31. The van der Waals surface area contributed by atoms with E-state index in [9.17, 15) is 9.59 Å². The topological polar surface area (TPSA) is 81.0 Å². The summed E-state index contributed by atoms with van der Waals surface area (Å²) in [6, 6.07) is 20.3. The van der Waals surface area contributed by atoms with Crippen LogP contribution in [-0.4, -0.2) is 41.7 Å². The molecule has 0 radical (unpaired) electrons. The quantitative estimate of drug-likeness (QED) is 0.505. The first kappa shape index (κ1) is 23.4.